The highest BCUT2D eigenvalue weighted by Crippen LogP contribution is 2.21. The highest BCUT2D eigenvalue weighted by Gasteiger charge is 2.18. The molecule has 3 rings (SSSR count). The Hall–Kier alpha value is -3.21. The molecule has 0 saturated heterocycles. The number of hydrogen-bond acceptors (Lipinski definition) is 4. The third-order valence-corrected chi connectivity index (χ3v) is 3.53. The molecule has 26 heavy (non-hydrogen) atoms. The molecule has 1 aromatic heterocycles. The molecule has 0 atom stereocenters. The van der Waals surface area contributed by atoms with Gasteiger partial charge in [-0.05, 0) is 32.9 Å². The van der Waals surface area contributed by atoms with Crippen LogP contribution in [-0.2, 0) is 0 Å². The van der Waals surface area contributed by atoms with E-state index in [9.17, 15) is 4.79 Å². The van der Waals surface area contributed by atoms with Gasteiger partial charge in [-0.2, -0.15) is 0 Å². The lowest BCUT2D eigenvalue weighted by Gasteiger charge is -2.20. The van der Waals surface area contributed by atoms with Crippen LogP contribution < -0.4 is 10.6 Å². The molecular formula is C21H22N4O. The molecule has 1 amide bonds. The minimum Gasteiger partial charge on any atom is -0.346 e. The van der Waals surface area contributed by atoms with Gasteiger partial charge in [0.2, 0.25) is 0 Å². The van der Waals surface area contributed by atoms with Crippen LogP contribution in [0.2, 0.25) is 0 Å². The van der Waals surface area contributed by atoms with Crippen molar-refractivity contribution in [2.45, 2.75) is 26.3 Å². The monoisotopic (exact) mass is 346 g/mol. The van der Waals surface area contributed by atoms with Gasteiger partial charge in [0.1, 0.15) is 11.5 Å². The van der Waals surface area contributed by atoms with E-state index in [-0.39, 0.29) is 11.4 Å². The molecule has 0 unspecified atom stereocenters. The third kappa shape index (κ3) is 4.66. The van der Waals surface area contributed by atoms with Crippen LogP contribution in [0.4, 0.5) is 11.5 Å². The molecule has 132 valence electrons. The number of nitrogens with zero attached hydrogens (tertiary/aromatic N) is 2. The SMILES string of the molecule is CC(C)(C)NC(=O)c1cc(Nc2ccccc2)nc(-c2ccccc2)n1. The maximum absolute atomic E-state index is 12.6. The summed E-state index contributed by atoms with van der Waals surface area (Å²) in [5.41, 5.74) is 1.73. The lowest BCUT2D eigenvalue weighted by atomic mass is 10.1. The Balaban J connectivity index is 2.00. The number of hydrogen-bond donors (Lipinski definition) is 2. The van der Waals surface area contributed by atoms with E-state index in [1.54, 1.807) is 6.07 Å². The van der Waals surface area contributed by atoms with E-state index in [1.165, 1.54) is 0 Å². The zero-order valence-electron chi connectivity index (χ0n) is 15.2. The summed E-state index contributed by atoms with van der Waals surface area (Å²) < 4.78 is 0. The first-order valence-corrected chi connectivity index (χ1v) is 8.50. The minimum atomic E-state index is -0.345. The average Bonchev–Trinajstić information content (AvgIpc) is 2.62. The highest BCUT2D eigenvalue weighted by atomic mass is 16.2. The highest BCUT2D eigenvalue weighted by molar-refractivity contribution is 5.94. The van der Waals surface area contributed by atoms with Gasteiger partial charge in [0.05, 0.1) is 0 Å². The number of carbonyl (C=O) groups is 1. The summed E-state index contributed by atoms with van der Waals surface area (Å²) in [7, 11) is 0. The second-order valence-corrected chi connectivity index (χ2v) is 7.02. The molecular weight excluding hydrogens is 324 g/mol. The quantitative estimate of drug-likeness (QED) is 0.734. The summed E-state index contributed by atoms with van der Waals surface area (Å²) in [5.74, 6) is 0.850. The first kappa shape index (κ1) is 17.6. The molecule has 2 aromatic carbocycles. The smallest absolute Gasteiger partial charge is 0.270 e. The van der Waals surface area contributed by atoms with Gasteiger partial charge >= 0.3 is 0 Å². The predicted molar refractivity (Wildman–Crippen MR) is 104 cm³/mol. The van der Waals surface area contributed by atoms with Crippen molar-refractivity contribution in [3.8, 4) is 11.4 Å². The molecule has 0 saturated carbocycles. The largest absolute Gasteiger partial charge is 0.346 e. The van der Waals surface area contributed by atoms with Crippen molar-refractivity contribution in [2.75, 3.05) is 5.32 Å². The standard InChI is InChI=1S/C21H22N4O/c1-21(2,3)25-20(26)17-14-18(22-16-12-8-5-9-13-16)24-19(23-17)15-10-6-4-7-11-15/h4-14H,1-3H3,(H,25,26)(H,22,23,24). The van der Waals surface area contributed by atoms with E-state index in [0.717, 1.165) is 11.3 Å². The summed E-state index contributed by atoms with van der Waals surface area (Å²) in [6.45, 7) is 5.81. The van der Waals surface area contributed by atoms with Gasteiger partial charge < -0.3 is 10.6 Å². The molecule has 0 aliphatic heterocycles. The van der Waals surface area contributed by atoms with Crippen LogP contribution in [0.25, 0.3) is 11.4 Å². The van der Waals surface area contributed by atoms with Crippen LogP contribution in [0.3, 0.4) is 0 Å². The van der Waals surface area contributed by atoms with Crippen LogP contribution in [0, 0.1) is 0 Å². The van der Waals surface area contributed by atoms with Gasteiger partial charge in [0.15, 0.2) is 5.82 Å². The number of amides is 1. The van der Waals surface area contributed by atoms with Crippen molar-refractivity contribution < 1.29 is 4.79 Å². The molecule has 0 aliphatic rings. The Labute approximate surface area is 153 Å². The molecule has 0 bridgehead atoms. The molecule has 0 aliphatic carbocycles. The first-order valence-electron chi connectivity index (χ1n) is 8.50. The van der Waals surface area contributed by atoms with Crippen LogP contribution in [0.5, 0.6) is 0 Å². The molecule has 0 fully saturated rings. The van der Waals surface area contributed by atoms with Crippen LogP contribution in [0.1, 0.15) is 31.3 Å². The summed E-state index contributed by atoms with van der Waals surface area (Å²) in [6.07, 6.45) is 0. The number of anilines is 2. The van der Waals surface area contributed by atoms with E-state index >= 15 is 0 Å². The van der Waals surface area contributed by atoms with Crippen LogP contribution >= 0.6 is 0 Å². The number of benzene rings is 2. The lowest BCUT2D eigenvalue weighted by molar-refractivity contribution is 0.0914. The Morgan fingerprint density at radius 3 is 2.12 bits per heavy atom. The number of carbonyl (C=O) groups excluding carboxylic acids is 1. The molecule has 5 heteroatoms. The van der Waals surface area contributed by atoms with Gasteiger partial charge in [-0.25, -0.2) is 9.97 Å². The number of para-hydroxylation sites is 1. The van der Waals surface area contributed by atoms with E-state index in [4.69, 9.17) is 0 Å². The fourth-order valence-electron chi connectivity index (χ4n) is 2.42. The Bertz CT molecular complexity index is 887. The maximum atomic E-state index is 12.6. The fraction of sp³-hybridized carbons (Fsp3) is 0.190. The summed E-state index contributed by atoms with van der Waals surface area (Å²) in [6, 6.07) is 21.0. The first-order chi connectivity index (χ1) is 12.4. The van der Waals surface area contributed by atoms with Crippen molar-refractivity contribution in [1.29, 1.82) is 0 Å². The Kier molecular flexibility index (Phi) is 4.98. The second kappa shape index (κ2) is 7.35. The molecule has 0 radical (unpaired) electrons. The van der Waals surface area contributed by atoms with Crippen molar-refractivity contribution in [3.63, 3.8) is 0 Å². The topological polar surface area (TPSA) is 66.9 Å². The zero-order chi connectivity index (χ0) is 18.6. The molecule has 0 spiro atoms. The molecule has 1 heterocycles. The third-order valence-electron chi connectivity index (χ3n) is 3.53. The van der Waals surface area contributed by atoms with Gasteiger partial charge in [-0.1, -0.05) is 48.5 Å². The van der Waals surface area contributed by atoms with Crippen molar-refractivity contribution >= 4 is 17.4 Å². The second-order valence-electron chi connectivity index (χ2n) is 7.02. The number of rotatable bonds is 4. The van der Waals surface area contributed by atoms with Crippen molar-refractivity contribution in [2.24, 2.45) is 0 Å². The van der Waals surface area contributed by atoms with Gasteiger partial charge in [-0.3, -0.25) is 4.79 Å². The Morgan fingerprint density at radius 1 is 0.885 bits per heavy atom. The predicted octanol–water partition coefficient (Wildman–Crippen LogP) is 4.42. The minimum absolute atomic E-state index is 0.229. The van der Waals surface area contributed by atoms with Crippen molar-refractivity contribution in [3.05, 3.63) is 72.4 Å². The number of nitrogens with one attached hydrogen (secondary N) is 2. The normalized spacial score (nSPS) is 11.0. The molecule has 3 aromatic rings. The van der Waals surface area contributed by atoms with E-state index in [1.807, 2.05) is 81.4 Å². The Morgan fingerprint density at radius 2 is 1.50 bits per heavy atom. The van der Waals surface area contributed by atoms with Crippen LogP contribution in [0.15, 0.2) is 66.7 Å². The summed E-state index contributed by atoms with van der Waals surface area (Å²) in [5, 5.41) is 6.19. The van der Waals surface area contributed by atoms with Crippen molar-refractivity contribution in [1.82, 2.24) is 15.3 Å². The lowest BCUT2D eigenvalue weighted by Crippen LogP contribution is -2.41. The van der Waals surface area contributed by atoms with Gasteiger partial charge in [0.25, 0.3) is 5.91 Å². The van der Waals surface area contributed by atoms with E-state index in [2.05, 4.69) is 20.6 Å². The molecule has 2 N–H and O–H groups in total. The van der Waals surface area contributed by atoms with E-state index in [0.29, 0.717) is 17.3 Å². The summed E-state index contributed by atoms with van der Waals surface area (Å²) >= 11 is 0. The maximum Gasteiger partial charge on any atom is 0.270 e. The number of aromatic nitrogens is 2. The van der Waals surface area contributed by atoms with Gasteiger partial charge in [0, 0.05) is 22.9 Å². The summed E-state index contributed by atoms with van der Waals surface area (Å²) in [4.78, 5) is 21.7. The molecule has 5 nitrogen and oxygen atoms in total. The van der Waals surface area contributed by atoms with E-state index < -0.39 is 0 Å². The zero-order valence-corrected chi connectivity index (χ0v) is 15.2. The fourth-order valence-corrected chi connectivity index (χ4v) is 2.42. The van der Waals surface area contributed by atoms with Gasteiger partial charge in [-0.15, -0.1) is 0 Å². The average molecular weight is 346 g/mol. The van der Waals surface area contributed by atoms with Crippen LogP contribution in [-0.4, -0.2) is 21.4 Å².